The monoisotopic (exact) mass is 379 g/mol. The second-order valence-corrected chi connectivity index (χ2v) is 7.06. The van der Waals surface area contributed by atoms with E-state index in [-0.39, 0.29) is 30.6 Å². The molecule has 3 N–H and O–H groups in total. The fourth-order valence-electron chi connectivity index (χ4n) is 2.89. The number of carboxylic acids is 1. The van der Waals surface area contributed by atoms with Crippen LogP contribution in [0.1, 0.15) is 47.6 Å². The van der Waals surface area contributed by atoms with Crippen LogP contribution in [0.2, 0.25) is 5.02 Å². The van der Waals surface area contributed by atoms with Crippen molar-refractivity contribution in [3.63, 3.8) is 0 Å². The molecule has 2 rings (SSSR count). The zero-order valence-corrected chi connectivity index (χ0v) is 15.8. The van der Waals surface area contributed by atoms with Crippen molar-refractivity contribution in [1.82, 2.24) is 5.32 Å². The third-order valence-corrected chi connectivity index (χ3v) is 4.68. The number of phenolic OH excluding ortho intramolecular Hbond substituents is 1. The van der Waals surface area contributed by atoms with E-state index in [1.807, 2.05) is 19.9 Å². The number of phenols is 1. The Bertz CT molecular complexity index is 821. The van der Waals surface area contributed by atoms with Gasteiger partial charge in [-0.25, -0.2) is 4.39 Å². The summed E-state index contributed by atoms with van der Waals surface area (Å²) in [6, 6.07) is 6.90. The molecule has 0 unspecified atom stereocenters. The molecule has 0 saturated heterocycles. The van der Waals surface area contributed by atoms with E-state index < -0.39 is 5.97 Å². The molecule has 26 heavy (non-hydrogen) atoms. The van der Waals surface area contributed by atoms with E-state index in [1.165, 1.54) is 6.07 Å². The number of halogens is 2. The number of aliphatic carboxylic acids is 1. The van der Waals surface area contributed by atoms with Gasteiger partial charge in [0.15, 0.2) is 0 Å². The van der Waals surface area contributed by atoms with Crippen LogP contribution >= 0.6 is 11.6 Å². The molecule has 6 heteroatoms. The number of hydrogen-bond acceptors (Lipinski definition) is 3. The lowest BCUT2D eigenvalue weighted by Crippen LogP contribution is -2.22. The van der Waals surface area contributed by atoms with Gasteiger partial charge in [0.1, 0.15) is 11.6 Å². The van der Waals surface area contributed by atoms with Crippen molar-refractivity contribution in [2.75, 3.05) is 6.54 Å². The van der Waals surface area contributed by atoms with Crippen LogP contribution < -0.4 is 5.32 Å². The maximum atomic E-state index is 14.7. The molecule has 0 heterocycles. The topological polar surface area (TPSA) is 69.6 Å². The minimum absolute atomic E-state index is 0.0929. The van der Waals surface area contributed by atoms with Gasteiger partial charge in [0, 0.05) is 17.1 Å². The number of aromatic hydroxyl groups is 1. The molecule has 0 aliphatic carbocycles. The first-order chi connectivity index (χ1) is 12.2. The van der Waals surface area contributed by atoms with Crippen molar-refractivity contribution in [3.05, 3.63) is 62.9 Å². The molecule has 0 spiro atoms. The molecule has 4 nitrogen and oxygen atoms in total. The standard InChI is InChI=1S/C20H23ClFNO3/c1-11(2)15-6-13(4-5-18(15)24)7-16-12(3)20(22)14(8-17(16)21)9-23-10-19(25)26/h4-6,8,11,23-24H,7,9-10H2,1-3H3,(H,25,26). The largest absolute Gasteiger partial charge is 0.508 e. The van der Waals surface area contributed by atoms with E-state index in [0.717, 1.165) is 11.1 Å². The molecule has 0 radical (unpaired) electrons. The molecular formula is C20H23ClFNO3. The molecule has 140 valence electrons. The summed E-state index contributed by atoms with van der Waals surface area (Å²) >= 11 is 6.37. The number of benzene rings is 2. The van der Waals surface area contributed by atoms with Crippen LogP contribution in [0.3, 0.4) is 0 Å². The predicted molar refractivity (Wildman–Crippen MR) is 100 cm³/mol. The summed E-state index contributed by atoms with van der Waals surface area (Å²) in [6.45, 7) is 5.51. The SMILES string of the molecule is Cc1c(F)c(CNCC(=O)O)cc(Cl)c1Cc1ccc(O)c(C(C)C)c1. The van der Waals surface area contributed by atoms with Gasteiger partial charge in [-0.05, 0) is 53.6 Å². The van der Waals surface area contributed by atoms with Crippen LogP contribution in [-0.4, -0.2) is 22.7 Å². The Morgan fingerprint density at radius 3 is 2.62 bits per heavy atom. The molecule has 2 aromatic carbocycles. The highest BCUT2D eigenvalue weighted by molar-refractivity contribution is 6.31. The van der Waals surface area contributed by atoms with Crippen LogP contribution in [0, 0.1) is 12.7 Å². The van der Waals surface area contributed by atoms with E-state index in [9.17, 15) is 14.3 Å². The third kappa shape index (κ3) is 4.74. The average molecular weight is 380 g/mol. The fourth-order valence-corrected chi connectivity index (χ4v) is 3.23. The van der Waals surface area contributed by atoms with Gasteiger partial charge in [0.05, 0.1) is 6.54 Å². The van der Waals surface area contributed by atoms with Gasteiger partial charge in [-0.2, -0.15) is 0 Å². The quantitative estimate of drug-likeness (QED) is 0.667. The van der Waals surface area contributed by atoms with E-state index in [1.54, 1.807) is 19.1 Å². The van der Waals surface area contributed by atoms with Gasteiger partial charge < -0.3 is 15.5 Å². The van der Waals surface area contributed by atoms with Crippen molar-refractivity contribution in [2.45, 2.75) is 39.7 Å². The summed E-state index contributed by atoms with van der Waals surface area (Å²) in [4.78, 5) is 10.6. The normalized spacial score (nSPS) is 11.2. The molecule has 0 bridgehead atoms. The number of hydrogen-bond donors (Lipinski definition) is 3. The van der Waals surface area contributed by atoms with E-state index >= 15 is 0 Å². The van der Waals surface area contributed by atoms with Crippen LogP contribution in [-0.2, 0) is 17.8 Å². The minimum atomic E-state index is -1.00. The molecule has 0 atom stereocenters. The molecule has 2 aromatic rings. The van der Waals surface area contributed by atoms with Crippen molar-refractivity contribution >= 4 is 17.6 Å². The van der Waals surface area contributed by atoms with Crippen LogP contribution in [0.15, 0.2) is 24.3 Å². The number of carbonyl (C=O) groups is 1. The Morgan fingerprint density at radius 1 is 1.31 bits per heavy atom. The summed E-state index contributed by atoms with van der Waals surface area (Å²) in [5, 5.41) is 21.7. The van der Waals surface area contributed by atoms with Gasteiger partial charge in [-0.1, -0.05) is 37.6 Å². The van der Waals surface area contributed by atoms with Gasteiger partial charge in [-0.3, -0.25) is 4.79 Å². The maximum absolute atomic E-state index is 14.7. The van der Waals surface area contributed by atoms with Crippen LogP contribution in [0.25, 0.3) is 0 Å². The van der Waals surface area contributed by atoms with Gasteiger partial charge in [0.2, 0.25) is 0 Å². The number of nitrogens with one attached hydrogen (secondary N) is 1. The summed E-state index contributed by atoms with van der Waals surface area (Å²) in [7, 11) is 0. The van der Waals surface area contributed by atoms with Crippen molar-refractivity contribution in [2.24, 2.45) is 0 Å². The Balaban J connectivity index is 2.29. The maximum Gasteiger partial charge on any atom is 0.317 e. The Labute approximate surface area is 157 Å². The van der Waals surface area contributed by atoms with Crippen molar-refractivity contribution < 1.29 is 19.4 Å². The third-order valence-electron chi connectivity index (χ3n) is 4.34. The van der Waals surface area contributed by atoms with Gasteiger partial charge in [-0.15, -0.1) is 0 Å². The summed E-state index contributed by atoms with van der Waals surface area (Å²) in [5.41, 5.74) is 3.25. The number of carboxylic acid groups (broad SMARTS) is 1. The Hall–Kier alpha value is -2.11. The molecule has 0 aliphatic heterocycles. The second kappa shape index (κ2) is 8.52. The first kappa shape index (κ1) is 20.2. The van der Waals surface area contributed by atoms with E-state index in [0.29, 0.717) is 28.1 Å². The lowest BCUT2D eigenvalue weighted by atomic mass is 9.94. The smallest absolute Gasteiger partial charge is 0.317 e. The van der Waals surface area contributed by atoms with Crippen molar-refractivity contribution in [1.29, 1.82) is 0 Å². The molecule has 0 aromatic heterocycles. The molecular weight excluding hydrogens is 357 g/mol. The van der Waals surface area contributed by atoms with Crippen LogP contribution in [0.4, 0.5) is 4.39 Å². The first-order valence-corrected chi connectivity index (χ1v) is 8.79. The minimum Gasteiger partial charge on any atom is -0.508 e. The second-order valence-electron chi connectivity index (χ2n) is 6.66. The summed E-state index contributed by atoms with van der Waals surface area (Å²) < 4.78 is 14.7. The average Bonchev–Trinajstić information content (AvgIpc) is 2.57. The Morgan fingerprint density at radius 2 is 2.00 bits per heavy atom. The molecule has 0 saturated carbocycles. The predicted octanol–water partition coefficient (Wildman–Crippen LogP) is 4.38. The van der Waals surface area contributed by atoms with Crippen molar-refractivity contribution in [3.8, 4) is 5.75 Å². The van der Waals surface area contributed by atoms with Gasteiger partial charge in [0.25, 0.3) is 0 Å². The molecule has 0 fully saturated rings. The molecule has 0 amide bonds. The highest BCUT2D eigenvalue weighted by Crippen LogP contribution is 2.31. The zero-order chi connectivity index (χ0) is 19.4. The highest BCUT2D eigenvalue weighted by Gasteiger charge is 2.16. The van der Waals surface area contributed by atoms with Gasteiger partial charge >= 0.3 is 5.97 Å². The lowest BCUT2D eigenvalue weighted by molar-refractivity contribution is -0.136. The Kier molecular flexibility index (Phi) is 6.62. The van der Waals surface area contributed by atoms with E-state index in [2.05, 4.69) is 5.32 Å². The zero-order valence-electron chi connectivity index (χ0n) is 15.1. The first-order valence-electron chi connectivity index (χ1n) is 8.41. The lowest BCUT2D eigenvalue weighted by Gasteiger charge is -2.15. The fraction of sp³-hybridized carbons (Fsp3) is 0.350. The number of rotatable bonds is 7. The summed E-state index contributed by atoms with van der Waals surface area (Å²) in [6.07, 6.45) is 0.449. The van der Waals surface area contributed by atoms with E-state index in [4.69, 9.17) is 16.7 Å². The highest BCUT2D eigenvalue weighted by atomic mass is 35.5. The molecule has 0 aliphatic rings. The summed E-state index contributed by atoms with van der Waals surface area (Å²) in [5.74, 6) is -0.966. The van der Waals surface area contributed by atoms with Crippen LogP contribution in [0.5, 0.6) is 5.75 Å².